The number of carboxylic acids is 1. The zero-order chi connectivity index (χ0) is 11.1. The first-order valence-corrected chi connectivity index (χ1v) is 6.32. The zero-order valence-electron chi connectivity index (χ0n) is 9.47. The van der Waals surface area contributed by atoms with E-state index in [9.17, 15) is 9.90 Å². The molecule has 3 rings (SSSR count). The fourth-order valence-corrected chi connectivity index (χ4v) is 4.01. The Morgan fingerprint density at radius 1 is 1.19 bits per heavy atom. The second kappa shape index (κ2) is 4.00. The number of aliphatic carboxylic acids is 1. The van der Waals surface area contributed by atoms with Gasteiger partial charge in [0.05, 0.1) is 19.1 Å². The van der Waals surface area contributed by atoms with Crippen LogP contribution in [-0.2, 0) is 9.53 Å². The van der Waals surface area contributed by atoms with Gasteiger partial charge in [0, 0.05) is 19.1 Å². The van der Waals surface area contributed by atoms with Crippen LogP contribution in [0, 0.1) is 17.8 Å². The summed E-state index contributed by atoms with van der Waals surface area (Å²) in [6.07, 6.45) is 3.50. The Balaban J connectivity index is 1.78. The van der Waals surface area contributed by atoms with E-state index < -0.39 is 5.97 Å². The summed E-state index contributed by atoms with van der Waals surface area (Å²) < 4.78 is 5.35. The lowest BCUT2D eigenvalue weighted by Gasteiger charge is -2.39. The molecule has 4 unspecified atom stereocenters. The van der Waals surface area contributed by atoms with Crippen molar-refractivity contribution >= 4 is 5.97 Å². The zero-order valence-corrected chi connectivity index (χ0v) is 9.47. The maximum atomic E-state index is 11.4. The van der Waals surface area contributed by atoms with Gasteiger partial charge < -0.3 is 9.84 Å². The smallest absolute Gasteiger partial charge is 0.308 e. The van der Waals surface area contributed by atoms with Gasteiger partial charge in [-0.25, -0.2) is 0 Å². The van der Waals surface area contributed by atoms with Gasteiger partial charge >= 0.3 is 5.97 Å². The highest BCUT2D eigenvalue weighted by Gasteiger charge is 2.53. The highest BCUT2D eigenvalue weighted by molar-refractivity contribution is 5.72. The van der Waals surface area contributed by atoms with E-state index in [0.29, 0.717) is 17.9 Å². The second-order valence-corrected chi connectivity index (χ2v) is 5.34. The number of nitrogens with zero attached hydrogens (tertiary/aromatic N) is 1. The average Bonchev–Trinajstić information content (AvgIpc) is 2.89. The molecule has 16 heavy (non-hydrogen) atoms. The summed E-state index contributed by atoms with van der Waals surface area (Å²) in [7, 11) is 0. The molecule has 1 N–H and O–H groups in total. The van der Waals surface area contributed by atoms with E-state index in [0.717, 1.165) is 39.1 Å². The van der Waals surface area contributed by atoms with Crippen LogP contribution in [0.15, 0.2) is 0 Å². The summed E-state index contributed by atoms with van der Waals surface area (Å²) in [5, 5.41) is 9.38. The lowest BCUT2D eigenvalue weighted by Crippen LogP contribution is -2.51. The first-order chi connectivity index (χ1) is 7.77. The summed E-state index contributed by atoms with van der Waals surface area (Å²) >= 11 is 0. The normalized spacial score (nSPS) is 43.8. The van der Waals surface area contributed by atoms with E-state index in [1.165, 1.54) is 6.42 Å². The van der Waals surface area contributed by atoms with Gasteiger partial charge in [0.15, 0.2) is 0 Å². The maximum absolute atomic E-state index is 11.4. The molecular weight excluding hydrogens is 206 g/mol. The molecule has 0 aromatic heterocycles. The topological polar surface area (TPSA) is 49.8 Å². The van der Waals surface area contributed by atoms with Crippen molar-refractivity contribution < 1.29 is 14.6 Å². The molecule has 1 aliphatic heterocycles. The van der Waals surface area contributed by atoms with Crippen molar-refractivity contribution in [1.82, 2.24) is 4.90 Å². The van der Waals surface area contributed by atoms with Gasteiger partial charge in [-0.05, 0) is 31.1 Å². The number of ether oxygens (including phenoxy) is 1. The molecule has 2 saturated carbocycles. The van der Waals surface area contributed by atoms with Crippen LogP contribution in [-0.4, -0.2) is 48.3 Å². The highest BCUT2D eigenvalue weighted by atomic mass is 16.5. The quantitative estimate of drug-likeness (QED) is 0.756. The molecule has 0 aromatic rings. The van der Waals surface area contributed by atoms with E-state index in [1.54, 1.807) is 0 Å². The van der Waals surface area contributed by atoms with Crippen LogP contribution in [0.2, 0.25) is 0 Å². The number of carboxylic acid groups (broad SMARTS) is 1. The molecule has 90 valence electrons. The van der Waals surface area contributed by atoms with Crippen molar-refractivity contribution in [2.24, 2.45) is 17.8 Å². The third kappa shape index (κ3) is 1.55. The Labute approximate surface area is 95.6 Å². The van der Waals surface area contributed by atoms with Crippen LogP contribution in [0.4, 0.5) is 0 Å². The molecule has 4 nitrogen and oxygen atoms in total. The predicted octanol–water partition coefficient (Wildman–Crippen LogP) is 0.818. The lowest BCUT2D eigenvalue weighted by molar-refractivity contribution is -0.147. The Hall–Kier alpha value is -0.610. The van der Waals surface area contributed by atoms with Crippen LogP contribution in [0.25, 0.3) is 0 Å². The first kappa shape index (κ1) is 10.5. The Bertz CT molecular complexity index is 288. The fraction of sp³-hybridized carbons (Fsp3) is 0.917. The van der Waals surface area contributed by atoms with E-state index in [2.05, 4.69) is 4.90 Å². The van der Waals surface area contributed by atoms with Crippen molar-refractivity contribution in [3.8, 4) is 0 Å². The summed E-state index contributed by atoms with van der Waals surface area (Å²) in [6.45, 7) is 3.36. The van der Waals surface area contributed by atoms with Crippen molar-refractivity contribution in [3.05, 3.63) is 0 Å². The summed E-state index contributed by atoms with van der Waals surface area (Å²) in [5.74, 6) is 0.375. The van der Waals surface area contributed by atoms with Gasteiger partial charge in [-0.2, -0.15) is 0 Å². The number of rotatable bonds is 2. The van der Waals surface area contributed by atoms with E-state index in [1.807, 2.05) is 0 Å². The molecule has 1 saturated heterocycles. The molecule has 3 fully saturated rings. The Morgan fingerprint density at radius 3 is 2.56 bits per heavy atom. The molecule has 0 aromatic carbocycles. The minimum atomic E-state index is -0.580. The summed E-state index contributed by atoms with van der Waals surface area (Å²) in [5.41, 5.74) is 0. The van der Waals surface area contributed by atoms with E-state index in [-0.39, 0.29) is 5.92 Å². The molecule has 2 bridgehead atoms. The average molecular weight is 225 g/mol. The van der Waals surface area contributed by atoms with Crippen molar-refractivity contribution in [2.45, 2.75) is 25.3 Å². The fourth-order valence-electron chi connectivity index (χ4n) is 4.01. The summed E-state index contributed by atoms with van der Waals surface area (Å²) in [6, 6.07) is 0.292. The minimum Gasteiger partial charge on any atom is -0.481 e. The van der Waals surface area contributed by atoms with Gasteiger partial charge in [-0.3, -0.25) is 9.69 Å². The number of hydrogen-bond acceptors (Lipinski definition) is 3. The predicted molar refractivity (Wildman–Crippen MR) is 58.1 cm³/mol. The molecule has 4 heteroatoms. The minimum absolute atomic E-state index is 0.114. The highest BCUT2D eigenvalue weighted by Crippen LogP contribution is 2.50. The van der Waals surface area contributed by atoms with Crippen LogP contribution < -0.4 is 0 Å². The molecule has 4 atom stereocenters. The lowest BCUT2D eigenvalue weighted by atomic mass is 9.83. The number of carbonyl (C=O) groups is 1. The van der Waals surface area contributed by atoms with Crippen molar-refractivity contribution in [2.75, 3.05) is 26.3 Å². The van der Waals surface area contributed by atoms with Crippen LogP contribution in [0.1, 0.15) is 19.3 Å². The Kier molecular flexibility index (Phi) is 2.64. The maximum Gasteiger partial charge on any atom is 0.308 e. The number of hydrogen-bond donors (Lipinski definition) is 1. The van der Waals surface area contributed by atoms with E-state index in [4.69, 9.17) is 4.74 Å². The first-order valence-electron chi connectivity index (χ1n) is 6.32. The molecule has 0 amide bonds. The van der Waals surface area contributed by atoms with Gasteiger partial charge in [-0.1, -0.05) is 0 Å². The third-order valence-electron chi connectivity index (χ3n) is 4.63. The van der Waals surface area contributed by atoms with Gasteiger partial charge in [0.1, 0.15) is 0 Å². The molecule has 3 aliphatic rings. The van der Waals surface area contributed by atoms with Gasteiger partial charge in [0.25, 0.3) is 0 Å². The molecule has 0 spiro atoms. The van der Waals surface area contributed by atoms with Crippen LogP contribution in [0.3, 0.4) is 0 Å². The van der Waals surface area contributed by atoms with Gasteiger partial charge in [0.2, 0.25) is 0 Å². The third-order valence-corrected chi connectivity index (χ3v) is 4.63. The SMILES string of the molecule is O=C(O)C1C2CCC(C2)C1N1CCOCC1. The summed E-state index contributed by atoms with van der Waals surface area (Å²) in [4.78, 5) is 13.8. The molecule has 0 radical (unpaired) electrons. The molecular formula is C12H19NO3. The number of fused-ring (bicyclic) bond motifs is 2. The standard InChI is InChI=1S/C12H19NO3/c14-12(15)10-8-1-2-9(7-8)11(10)13-3-5-16-6-4-13/h8-11H,1-7H2,(H,14,15). The van der Waals surface area contributed by atoms with Crippen LogP contribution in [0.5, 0.6) is 0 Å². The van der Waals surface area contributed by atoms with E-state index >= 15 is 0 Å². The molecule has 2 aliphatic carbocycles. The largest absolute Gasteiger partial charge is 0.481 e. The van der Waals surface area contributed by atoms with Crippen LogP contribution >= 0.6 is 0 Å². The Morgan fingerprint density at radius 2 is 1.88 bits per heavy atom. The molecule has 1 heterocycles. The van der Waals surface area contributed by atoms with Crippen molar-refractivity contribution in [3.63, 3.8) is 0 Å². The second-order valence-electron chi connectivity index (χ2n) is 5.34. The van der Waals surface area contributed by atoms with Crippen molar-refractivity contribution in [1.29, 1.82) is 0 Å². The monoisotopic (exact) mass is 225 g/mol. The number of morpholine rings is 1. The van der Waals surface area contributed by atoms with Gasteiger partial charge in [-0.15, -0.1) is 0 Å².